The Hall–Kier alpha value is -0.870. The van der Waals surface area contributed by atoms with Crippen LogP contribution in [0.4, 0.5) is 0 Å². The van der Waals surface area contributed by atoms with Gasteiger partial charge in [-0.3, -0.25) is 4.79 Å². The second-order valence-electron chi connectivity index (χ2n) is 7.20. The van der Waals surface area contributed by atoms with Crippen molar-refractivity contribution in [3.05, 3.63) is 34.3 Å². The average Bonchev–Trinajstić information content (AvgIpc) is 2.61. The quantitative estimate of drug-likeness (QED) is 0.828. The second kappa shape index (κ2) is 7.80. The first-order valence-electron chi connectivity index (χ1n) is 9.09. The van der Waals surface area contributed by atoms with Gasteiger partial charge < -0.3 is 10.2 Å². The van der Waals surface area contributed by atoms with E-state index in [1.54, 1.807) is 4.90 Å². The van der Waals surface area contributed by atoms with E-state index in [1.807, 2.05) is 24.3 Å². The van der Waals surface area contributed by atoms with E-state index in [9.17, 15) is 4.79 Å². The molecule has 126 valence electrons. The van der Waals surface area contributed by atoms with Crippen LogP contribution in [0, 0.1) is 0 Å². The van der Waals surface area contributed by atoms with Gasteiger partial charge >= 0.3 is 0 Å². The molecule has 0 unspecified atom stereocenters. The van der Waals surface area contributed by atoms with E-state index in [0.717, 1.165) is 16.6 Å². The topological polar surface area (TPSA) is 33.5 Å². The number of piperidine rings is 1. The number of likely N-dealkylation sites (tertiary alicyclic amines) is 1. The van der Waals surface area contributed by atoms with Crippen LogP contribution in [0.25, 0.3) is 0 Å². The van der Waals surface area contributed by atoms with Gasteiger partial charge in [0.25, 0.3) is 5.91 Å². The molecule has 0 aromatic heterocycles. The number of benzene rings is 1. The minimum absolute atomic E-state index is 0.0626. The number of amides is 1. The molecule has 1 saturated carbocycles. The summed E-state index contributed by atoms with van der Waals surface area (Å²) in [5, 5.41) is 3.25. The first kappa shape index (κ1) is 17.0. The van der Waals surface area contributed by atoms with E-state index in [0.29, 0.717) is 0 Å². The molecule has 1 aliphatic carbocycles. The van der Waals surface area contributed by atoms with Gasteiger partial charge in [0.1, 0.15) is 5.54 Å². The lowest BCUT2D eigenvalue weighted by atomic mass is 9.79. The summed E-state index contributed by atoms with van der Waals surface area (Å²) in [4.78, 5) is 14.3. The molecule has 1 amide bonds. The highest BCUT2D eigenvalue weighted by Crippen LogP contribution is 2.26. The summed E-state index contributed by atoms with van der Waals surface area (Å²) in [6.45, 7) is 3.40. The fourth-order valence-corrected chi connectivity index (χ4v) is 4.77. The Balaban J connectivity index is 1.67. The van der Waals surface area contributed by atoms with Crippen molar-refractivity contribution in [1.29, 1.82) is 0 Å². The molecule has 1 aromatic carbocycles. The molecule has 3 nitrogen and oxygen atoms in total. The Morgan fingerprint density at radius 2 is 1.78 bits per heavy atom. The van der Waals surface area contributed by atoms with E-state index in [1.165, 1.54) is 64.5 Å². The van der Waals surface area contributed by atoms with Crippen molar-refractivity contribution in [1.82, 2.24) is 5.32 Å². The largest absolute Gasteiger partial charge is 0.346 e. The zero-order valence-corrected chi connectivity index (χ0v) is 15.5. The van der Waals surface area contributed by atoms with E-state index < -0.39 is 0 Å². The minimum atomic E-state index is 0.0626. The molecule has 1 heterocycles. The molecular formula is C19H28BrN2O+. The van der Waals surface area contributed by atoms with Gasteiger partial charge in [-0.25, -0.2) is 0 Å². The third kappa shape index (κ3) is 4.16. The summed E-state index contributed by atoms with van der Waals surface area (Å²) in [7, 11) is 0. The van der Waals surface area contributed by atoms with Crippen LogP contribution in [0.15, 0.2) is 28.7 Å². The molecule has 0 radical (unpaired) electrons. The predicted octanol–water partition coefficient (Wildman–Crippen LogP) is 2.95. The van der Waals surface area contributed by atoms with Gasteiger partial charge in [0, 0.05) is 22.9 Å². The molecule has 2 fully saturated rings. The van der Waals surface area contributed by atoms with Crippen LogP contribution in [0.5, 0.6) is 0 Å². The lowest BCUT2D eigenvalue weighted by Crippen LogP contribution is -3.22. The standard InChI is InChI=1S/C19H27BrN2O/c20-17-9-7-8-16(14-17)18(23)21-15-19(10-3-1-4-11-19)22-12-5-2-6-13-22/h7-9,14H,1-6,10-13,15H2,(H,21,23)/p+1. The third-order valence-electron chi connectivity index (χ3n) is 5.69. The van der Waals surface area contributed by atoms with Crippen LogP contribution >= 0.6 is 15.9 Å². The van der Waals surface area contributed by atoms with Crippen molar-refractivity contribution in [3.8, 4) is 0 Å². The number of hydrogen-bond donors (Lipinski definition) is 2. The SMILES string of the molecule is O=C(NCC1([NH+]2CCCCC2)CCCCC1)c1cccc(Br)c1. The van der Waals surface area contributed by atoms with Crippen LogP contribution in [0.2, 0.25) is 0 Å². The summed E-state index contributed by atoms with van der Waals surface area (Å²) in [6, 6.07) is 7.67. The molecule has 1 aliphatic heterocycles. The van der Waals surface area contributed by atoms with Crippen molar-refractivity contribution in [2.75, 3.05) is 19.6 Å². The second-order valence-corrected chi connectivity index (χ2v) is 8.11. The number of rotatable bonds is 4. The zero-order chi connectivity index (χ0) is 16.1. The van der Waals surface area contributed by atoms with E-state index >= 15 is 0 Å². The van der Waals surface area contributed by atoms with Crippen LogP contribution < -0.4 is 10.2 Å². The highest BCUT2D eigenvalue weighted by molar-refractivity contribution is 9.10. The Labute approximate surface area is 148 Å². The maximum absolute atomic E-state index is 12.5. The fourth-order valence-electron chi connectivity index (χ4n) is 4.37. The Morgan fingerprint density at radius 1 is 1.09 bits per heavy atom. The van der Waals surface area contributed by atoms with Gasteiger partial charge in [-0.15, -0.1) is 0 Å². The number of hydrogen-bond acceptors (Lipinski definition) is 1. The Bertz CT molecular complexity index is 534. The summed E-state index contributed by atoms with van der Waals surface area (Å²) in [5.74, 6) is 0.0626. The van der Waals surface area contributed by atoms with Gasteiger partial charge in [-0.1, -0.05) is 28.4 Å². The summed E-state index contributed by atoms with van der Waals surface area (Å²) in [6.07, 6.45) is 10.6. The third-order valence-corrected chi connectivity index (χ3v) is 6.19. The van der Waals surface area contributed by atoms with Gasteiger partial charge in [0.15, 0.2) is 0 Å². The van der Waals surface area contributed by atoms with Gasteiger partial charge in [-0.2, -0.15) is 0 Å². The summed E-state index contributed by atoms with van der Waals surface area (Å²) in [5.41, 5.74) is 1.03. The molecule has 2 aliphatic rings. The molecule has 0 atom stereocenters. The van der Waals surface area contributed by atoms with Crippen LogP contribution in [0.3, 0.4) is 0 Å². The van der Waals surface area contributed by atoms with Gasteiger partial charge in [0.05, 0.1) is 19.6 Å². The van der Waals surface area contributed by atoms with E-state index in [2.05, 4.69) is 21.2 Å². The average molecular weight is 380 g/mol. The molecule has 0 spiro atoms. The summed E-state index contributed by atoms with van der Waals surface area (Å²) < 4.78 is 0.958. The maximum atomic E-state index is 12.5. The van der Waals surface area contributed by atoms with Crippen LogP contribution in [0.1, 0.15) is 61.7 Å². The van der Waals surface area contributed by atoms with Crippen molar-refractivity contribution >= 4 is 21.8 Å². The first-order valence-corrected chi connectivity index (χ1v) is 9.88. The molecule has 0 bridgehead atoms. The number of nitrogens with one attached hydrogen (secondary N) is 2. The molecule has 1 saturated heterocycles. The molecular weight excluding hydrogens is 352 g/mol. The number of carbonyl (C=O) groups is 1. The number of carbonyl (C=O) groups excluding carboxylic acids is 1. The Kier molecular flexibility index (Phi) is 5.76. The Morgan fingerprint density at radius 3 is 2.48 bits per heavy atom. The smallest absolute Gasteiger partial charge is 0.251 e. The highest BCUT2D eigenvalue weighted by atomic mass is 79.9. The molecule has 4 heteroatoms. The first-order chi connectivity index (χ1) is 11.2. The van der Waals surface area contributed by atoms with Crippen LogP contribution in [-0.4, -0.2) is 31.1 Å². The molecule has 3 rings (SSSR count). The zero-order valence-electron chi connectivity index (χ0n) is 13.9. The summed E-state index contributed by atoms with van der Waals surface area (Å²) >= 11 is 3.45. The minimum Gasteiger partial charge on any atom is -0.346 e. The normalized spacial score (nSPS) is 21.8. The fraction of sp³-hybridized carbons (Fsp3) is 0.632. The lowest BCUT2D eigenvalue weighted by molar-refractivity contribution is -0.957. The van der Waals surface area contributed by atoms with Crippen molar-refractivity contribution < 1.29 is 9.69 Å². The van der Waals surface area contributed by atoms with Gasteiger partial charge in [0.2, 0.25) is 0 Å². The molecule has 2 N–H and O–H groups in total. The molecule has 23 heavy (non-hydrogen) atoms. The molecule has 1 aromatic rings. The number of halogens is 1. The number of quaternary nitrogens is 1. The van der Waals surface area contributed by atoms with E-state index in [-0.39, 0.29) is 11.4 Å². The van der Waals surface area contributed by atoms with Crippen molar-refractivity contribution in [2.24, 2.45) is 0 Å². The maximum Gasteiger partial charge on any atom is 0.251 e. The van der Waals surface area contributed by atoms with Gasteiger partial charge in [-0.05, 0) is 50.3 Å². The van der Waals surface area contributed by atoms with Crippen molar-refractivity contribution in [2.45, 2.75) is 56.9 Å². The monoisotopic (exact) mass is 379 g/mol. The van der Waals surface area contributed by atoms with Crippen molar-refractivity contribution in [3.63, 3.8) is 0 Å². The van der Waals surface area contributed by atoms with Crippen LogP contribution in [-0.2, 0) is 0 Å². The predicted molar refractivity (Wildman–Crippen MR) is 96.8 cm³/mol. The highest BCUT2D eigenvalue weighted by Gasteiger charge is 2.42. The lowest BCUT2D eigenvalue weighted by Gasteiger charge is -2.45. The van der Waals surface area contributed by atoms with E-state index in [4.69, 9.17) is 0 Å².